The van der Waals surface area contributed by atoms with E-state index in [9.17, 15) is 0 Å². The van der Waals surface area contributed by atoms with E-state index in [0.29, 0.717) is 6.54 Å². The van der Waals surface area contributed by atoms with Crippen LogP contribution in [-0.2, 0) is 6.54 Å². The number of nitrogens with zero attached hydrogens (tertiary/aromatic N) is 3. The SMILES string of the molecule is Cc1[nH]cnc1CNc1cccnc1N(C)C. The van der Waals surface area contributed by atoms with Gasteiger partial charge in [0, 0.05) is 26.0 Å². The van der Waals surface area contributed by atoms with Crippen LogP contribution in [0.5, 0.6) is 0 Å². The number of nitrogens with one attached hydrogen (secondary N) is 2. The molecule has 2 heterocycles. The van der Waals surface area contributed by atoms with Crippen LogP contribution in [0.15, 0.2) is 24.7 Å². The van der Waals surface area contributed by atoms with Gasteiger partial charge in [-0.3, -0.25) is 0 Å². The molecule has 0 saturated carbocycles. The molecule has 0 fully saturated rings. The maximum absolute atomic E-state index is 4.34. The Hall–Kier alpha value is -2.04. The number of hydrogen-bond donors (Lipinski definition) is 2. The molecule has 0 amide bonds. The summed E-state index contributed by atoms with van der Waals surface area (Å²) in [7, 11) is 3.96. The van der Waals surface area contributed by atoms with E-state index in [-0.39, 0.29) is 0 Å². The van der Waals surface area contributed by atoms with Crippen LogP contribution in [0.1, 0.15) is 11.4 Å². The van der Waals surface area contributed by atoms with Crippen LogP contribution in [0.25, 0.3) is 0 Å². The lowest BCUT2D eigenvalue weighted by molar-refractivity contribution is 1.02. The summed E-state index contributed by atoms with van der Waals surface area (Å²) >= 11 is 0. The average Bonchev–Trinajstić information content (AvgIpc) is 2.72. The number of aromatic amines is 1. The zero-order chi connectivity index (χ0) is 12.3. The van der Waals surface area contributed by atoms with Crippen LogP contribution in [0.3, 0.4) is 0 Å². The number of aromatic nitrogens is 3. The molecule has 0 aromatic carbocycles. The minimum absolute atomic E-state index is 0.696. The molecular weight excluding hydrogens is 214 g/mol. The van der Waals surface area contributed by atoms with Crippen molar-refractivity contribution < 1.29 is 0 Å². The van der Waals surface area contributed by atoms with Crippen molar-refractivity contribution in [3.8, 4) is 0 Å². The van der Waals surface area contributed by atoms with E-state index in [4.69, 9.17) is 0 Å². The summed E-state index contributed by atoms with van der Waals surface area (Å²) in [6.07, 6.45) is 3.50. The van der Waals surface area contributed by atoms with Crippen molar-refractivity contribution >= 4 is 11.5 Å². The highest BCUT2D eigenvalue weighted by Gasteiger charge is 2.06. The summed E-state index contributed by atoms with van der Waals surface area (Å²) in [5.41, 5.74) is 3.13. The van der Waals surface area contributed by atoms with Crippen molar-refractivity contribution in [2.24, 2.45) is 0 Å². The monoisotopic (exact) mass is 231 g/mol. The lowest BCUT2D eigenvalue weighted by atomic mass is 10.3. The Morgan fingerprint density at radius 2 is 2.18 bits per heavy atom. The molecule has 2 N–H and O–H groups in total. The molecule has 0 unspecified atom stereocenters. The summed E-state index contributed by atoms with van der Waals surface area (Å²) < 4.78 is 0. The summed E-state index contributed by atoms with van der Waals surface area (Å²) in [6.45, 7) is 2.71. The molecule has 0 spiro atoms. The maximum Gasteiger partial charge on any atom is 0.151 e. The molecule has 17 heavy (non-hydrogen) atoms. The summed E-state index contributed by atoms with van der Waals surface area (Å²) in [5.74, 6) is 0.931. The standard InChI is InChI=1S/C12H17N5/c1-9-11(16-8-15-9)7-14-10-5-4-6-13-12(10)17(2)3/h4-6,8,14H,7H2,1-3H3,(H,15,16). The number of H-pyrrole nitrogens is 1. The summed E-state index contributed by atoms with van der Waals surface area (Å²) in [6, 6.07) is 3.94. The van der Waals surface area contributed by atoms with Crippen LogP contribution >= 0.6 is 0 Å². The number of pyridine rings is 1. The van der Waals surface area contributed by atoms with Gasteiger partial charge >= 0.3 is 0 Å². The molecule has 2 rings (SSSR count). The Labute approximate surface area is 101 Å². The molecule has 0 aliphatic rings. The second-order valence-corrected chi connectivity index (χ2v) is 4.10. The van der Waals surface area contributed by atoms with Gasteiger partial charge in [0.1, 0.15) is 0 Å². The number of hydrogen-bond acceptors (Lipinski definition) is 4. The molecule has 2 aromatic rings. The zero-order valence-corrected chi connectivity index (χ0v) is 10.4. The van der Waals surface area contributed by atoms with Gasteiger partial charge in [0.2, 0.25) is 0 Å². The quantitative estimate of drug-likeness (QED) is 0.842. The van der Waals surface area contributed by atoms with Gasteiger partial charge in [-0.15, -0.1) is 0 Å². The molecule has 0 radical (unpaired) electrons. The van der Waals surface area contributed by atoms with Crippen LogP contribution in [0.4, 0.5) is 11.5 Å². The normalized spacial score (nSPS) is 10.3. The first kappa shape index (κ1) is 11.4. The van der Waals surface area contributed by atoms with Gasteiger partial charge < -0.3 is 15.2 Å². The van der Waals surface area contributed by atoms with E-state index in [1.807, 2.05) is 38.1 Å². The predicted molar refractivity (Wildman–Crippen MR) is 69.2 cm³/mol. The lowest BCUT2D eigenvalue weighted by Crippen LogP contribution is -2.14. The third kappa shape index (κ3) is 2.55. The van der Waals surface area contributed by atoms with E-state index in [0.717, 1.165) is 22.9 Å². The molecule has 0 saturated heterocycles. The van der Waals surface area contributed by atoms with E-state index in [2.05, 4.69) is 20.3 Å². The van der Waals surface area contributed by atoms with E-state index in [1.54, 1.807) is 12.5 Å². The molecule has 0 atom stereocenters. The van der Waals surface area contributed by atoms with Crippen LogP contribution in [-0.4, -0.2) is 29.0 Å². The molecule has 0 aliphatic heterocycles. The van der Waals surface area contributed by atoms with Crippen molar-refractivity contribution in [3.63, 3.8) is 0 Å². The molecular formula is C12H17N5. The number of rotatable bonds is 4. The molecule has 0 bridgehead atoms. The first-order valence-electron chi connectivity index (χ1n) is 5.53. The second kappa shape index (κ2) is 4.86. The van der Waals surface area contributed by atoms with Gasteiger partial charge in [0.15, 0.2) is 5.82 Å². The van der Waals surface area contributed by atoms with Gasteiger partial charge in [0.25, 0.3) is 0 Å². The predicted octanol–water partition coefficient (Wildman–Crippen LogP) is 1.79. The van der Waals surface area contributed by atoms with Gasteiger partial charge in [-0.2, -0.15) is 0 Å². The van der Waals surface area contributed by atoms with Crippen molar-refractivity contribution in [3.05, 3.63) is 36.0 Å². The van der Waals surface area contributed by atoms with Crippen LogP contribution in [0.2, 0.25) is 0 Å². The molecule has 0 aliphatic carbocycles. The van der Waals surface area contributed by atoms with Gasteiger partial charge in [0.05, 0.1) is 24.3 Å². The topological polar surface area (TPSA) is 56.8 Å². The third-order valence-corrected chi connectivity index (χ3v) is 2.59. The second-order valence-electron chi connectivity index (χ2n) is 4.10. The van der Waals surface area contributed by atoms with Crippen LogP contribution in [0, 0.1) is 6.92 Å². The maximum atomic E-state index is 4.34. The first-order valence-corrected chi connectivity index (χ1v) is 5.53. The van der Waals surface area contributed by atoms with Crippen LogP contribution < -0.4 is 10.2 Å². The fraction of sp³-hybridized carbons (Fsp3) is 0.333. The number of imidazole rings is 1. The Morgan fingerprint density at radius 3 is 2.82 bits per heavy atom. The Bertz CT molecular complexity index is 489. The summed E-state index contributed by atoms with van der Waals surface area (Å²) in [5, 5.41) is 3.35. The Morgan fingerprint density at radius 1 is 1.35 bits per heavy atom. The fourth-order valence-electron chi connectivity index (χ4n) is 1.64. The highest BCUT2D eigenvalue weighted by atomic mass is 15.2. The largest absolute Gasteiger partial charge is 0.376 e. The lowest BCUT2D eigenvalue weighted by Gasteiger charge is -2.16. The zero-order valence-electron chi connectivity index (χ0n) is 10.4. The Kier molecular flexibility index (Phi) is 3.27. The fourth-order valence-corrected chi connectivity index (χ4v) is 1.64. The Balaban J connectivity index is 2.11. The smallest absolute Gasteiger partial charge is 0.151 e. The van der Waals surface area contributed by atoms with Crippen molar-refractivity contribution in [1.82, 2.24) is 15.0 Å². The molecule has 90 valence electrons. The van der Waals surface area contributed by atoms with E-state index in [1.165, 1.54) is 0 Å². The van der Waals surface area contributed by atoms with Crippen molar-refractivity contribution in [2.45, 2.75) is 13.5 Å². The number of aryl methyl sites for hydroxylation is 1. The van der Waals surface area contributed by atoms with Gasteiger partial charge in [-0.05, 0) is 19.1 Å². The first-order chi connectivity index (χ1) is 8.18. The third-order valence-electron chi connectivity index (χ3n) is 2.59. The van der Waals surface area contributed by atoms with E-state index >= 15 is 0 Å². The van der Waals surface area contributed by atoms with Crippen molar-refractivity contribution in [1.29, 1.82) is 0 Å². The molecule has 5 nitrogen and oxygen atoms in total. The highest BCUT2D eigenvalue weighted by Crippen LogP contribution is 2.20. The van der Waals surface area contributed by atoms with Gasteiger partial charge in [-0.25, -0.2) is 9.97 Å². The molecule has 2 aromatic heterocycles. The van der Waals surface area contributed by atoms with Crippen molar-refractivity contribution in [2.75, 3.05) is 24.3 Å². The minimum Gasteiger partial charge on any atom is -0.376 e. The van der Waals surface area contributed by atoms with E-state index < -0.39 is 0 Å². The number of anilines is 2. The summed E-state index contributed by atoms with van der Waals surface area (Å²) in [4.78, 5) is 13.6. The average molecular weight is 231 g/mol. The highest BCUT2D eigenvalue weighted by molar-refractivity contribution is 5.64. The minimum atomic E-state index is 0.696. The molecule has 5 heteroatoms. The van der Waals surface area contributed by atoms with Gasteiger partial charge in [-0.1, -0.05) is 0 Å².